The number of rotatable bonds is 22. The van der Waals surface area contributed by atoms with Crippen LogP contribution in [-0.2, 0) is 22.9 Å². The SMILES string of the molecule is CCCCCC#CC(C=Nc1ccc(CCCCCCCCCCCCCCCCC)cc1)=Nc1ccccc1.[Ni]. The van der Waals surface area contributed by atoms with Crippen LogP contribution in [0.25, 0.3) is 0 Å². The van der Waals surface area contributed by atoms with Crippen molar-refractivity contribution in [1.82, 2.24) is 0 Å². The number of benzene rings is 2. The zero-order valence-electron chi connectivity index (χ0n) is 26.1. The summed E-state index contributed by atoms with van der Waals surface area (Å²) in [5.74, 6) is 6.51. The second-order valence-corrected chi connectivity index (χ2v) is 11.2. The normalized spacial score (nSPS) is 11.3. The van der Waals surface area contributed by atoms with Crippen molar-refractivity contribution in [3.05, 3.63) is 60.2 Å². The Hall–Kier alpha value is -2.17. The smallest absolute Gasteiger partial charge is 0.132 e. The molecule has 228 valence electrons. The molecule has 0 aromatic heterocycles. The number of hydrogen-bond acceptors (Lipinski definition) is 2. The molecule has 41 heavy (non-hydrogen) atoms. The second-order valence-electron chi connectivity index (χ2n) is 11.2. The molecule has 2 aromatic carbocycles. The number of hydrogen-bond donors (Lipinski definition) is 0. The molecular weight excluding hydrogens is 543 g/mol. The molecule has 0 atom stereocenters. The van der Waals surface area contributed by atoms with Crippen LogP contribution in [-0.4, -0.2) is 11.9 Å². The fourth-order valence-corrected chi connectivity index (χ4v) is 4.93. The van der Waals surface area contributed by atoms with Crippen LogP contribution in [0.4, 0.5) is 11.4 Å². The first kappa shape index (κ1) is 36.9. The van der Waals surface area contributed by atoms with Gasteiger partial charge in [-0.25, -0.2) is 4.99 Å². The van der Waals surface area contributed by atoms with Gasteiger partial charge in [-0.1, -0.05) is 153 Å². The molecule has 3 heteroatoms. The molecule has 0 saturated carbocycles. The Kier molecular flexibility index (Phi) is 24.0. The average Bonchev–Trinajstić information content (AvgIpc) is 2.98. The minimum atomic E-state index is 0. The van der Waals surface area contributed by atoms with Crippen LogP contribution >= 0.6 is 0 Å². The summed E-state index contributed by atoms with van der Waals surface area (Å²) in [4.78, 5) is 9.38. The van der Waals surface area contributed by atoms with Crippen LogP contribution in [0.2, 0.25) is 0 Å². The van der Waals surface area contributed by atoms with Gasteiger partial charge in [0.15, 0.2) is 0 Å². The third-order valence-electron chi connectivity index (χ3n) is 7.47. The molecule has 0 bridgehead atoms. The van der Waals surface area contributed by atoms with E-state index in [0.29, 0.717) is 5.71 Å². The maximum absolute atomic E-state index is 4.71. The summed E-state index contributed by atoms with van der Waals surface area (Å²) < 4.78 is 0. The summed E-state index contributed by atoms with van der Waals surface area (Å²) in [7, 11) is 0. The van der Waals surface area contributed by atoms with E-state index in [1.165, 1.54) is 115 Å². The quantitative estimate of drug-likeness (QED) is 0.0557. The minimum absolute atomic E-state index is 0. The molecule has 0 heterocycles. The van der Waals surface area contributed by atoms with Crippen molar-refractivity contribution in [3.63, 3.8) is 0 Å². The van der Waals surface area contributed by atoms with Crippen molar-refractivity contribution in [1.29, 1.82) is 0 Å². The molecule has 0 aliphatic carbocycles. The van der Waals surface area contributed by atoms with Crippen LogP contribution in [0.15, 0.2) is 64.6 Å². The summed E-state index contributed by atoms with van der Waals surface area (Å²) in [6.45, 7) is 4.51. The van der Waals surface area contributed by atoms with E-state index in [-0.39, 0.29) is 16.5 Å². The Morgan fingerprint density at radius 3 is 1.66 bits per heavy atom. The van der Waals surface area contributed by atoms with Crippen molar-refractivity contribution >= 4 is 23.3 Å². The molecule has 0 N–H and O–H groups in total. The van der Waals surface area contributed by atoms with E-state index in [2.05, 4.69) is 54.9 Å². The fourth-order valence-electron chi connectivity index (χ4n) is 4.93. The van der Waals surface area contributed by atoms with Gasteiger partial charge in [0.25, 0.3) is 0 Å². The van der Waals surface area contributed by atoms with E-state index in [9.17, 15) is 0 Å². The van der Waals surface area contributed by atoms with Crippen molar-refractivity contribution in [3.8, 4) is 11.8 Å². The predicted molar refractivity (Wildman–Crippen MR) is 179 cm³/mol. The third-order valence-corrected chi connectivity index (χ3v) is 7.47. The molecule has 0 spiro atoms. The van der Waals surface area contributed by atoms with Crippen molar-refractivity contribution in [2.75, 3.05) is 0 Å². The molecule has 0 aliphatic heterocycles. The molecule has 0 unspecified atom stereocenters. The summed E-state index contributed by atoms with van der Waals surface area (Å²) in [5, 5.41) is 0. The van der Waals surface area contributed by atoms with E-state index in [4.69, 9.17) is 4.99 Å². The topological polar surface area (TPSA) is 24.7 Å². The van der Waals surface area contributed by atoms with Gasteiger partial charge in [-0.15, -0.1) is 0 Å². The number of aryl methyl sites for hydroxylation is 1. The molecule has 0 aliphatic rings. The van der Waals surface area contributed by atoms with E-state index in [0.717, 1.165) is 30.6 Å². The molecule has 0 fully saturated rings. The average molecular weight is 600 g/mol. The van der Waals surface area contributed by atoms with E-state index >= 15 is 0 Å². The fraction of sp³-hybridized carbons (Fsp3) is 0.579. The van der Waals surface area contributed by atoms with Crippen LogP contribution in [0.1, 0.15) is 141 Å². The van der Waals surface area contributed by atoms with Crippen LogP contribution in [0.5, 0.6) is 0 Å². The van der Waals surface area contributed by atoms with Gasteiger partial charge < -0.3 is 0 Å². The van der Waals surface area contributed by atoms with Gasteiger partial charge >= 0.3 is 0 Å². The van der Waals surface area contributed by atoms with Gasteiger partial charge in [-0.3, -0.25) is 4.99 Å². The minimum Gasteiger partial charge on any atom is -0.254 e. The molecule has 0 radical (unpaired) electrons. The first-order valence-electron chi connectivity index (χ1n) is 16.6. The first-order valence-corrected chi connectivity index (χ1v) is 16.6. The number of nitrogens with zero attached hydrogens (tertiary/aromatic N) is 2. The standard InChI is InChI=1S/C38H56N2.Ni/c1-3-5-7-9-10-11-12-13-14-15-16-17-18-20-22-26-35-30-32-36(33-31-35)39-34-38(29-23-19-8-6-4-2)40-37-27-24-21-25-28-37;/h21,24-25,27-28,30-34H,3-20,22,26H2,1-2H3;. The maximum atomic E-state index is 4.71. The van der Waals surface area contributed by atoms with Gasteiger partial charge in [0.05, 0.1) is 17.6 Å². The third kappa shape index (κ3) is 20.4. The number of aliphatic imine (C=N–C) groups is 2. The van der Waals surface area contributed by atoms with Crippen LogP contribution < -0.4 is 0 Å². The Morgan fingerprint density at radius 1 is 0.585 bits per heavy atom. The van der Waals surface area contributed by atoms with E-state index in [1.807, 2.05) is 36.5 Å². The summed E-state index contributed by atoms with van der Waals surface area (Å²) >= 11 is 0. The number of para-hydroxylation sites is 1. The summed E-state index contributed by atoms with van der Waals surface area (Å²) in [6, 6.07) is 18.7. The zero-order valence-corrected chi connectivity index (χ0v) is 27.1. The van der Waals surface area contributed by atoms with Crippen molar-refractivity contribution in [2.24, 2.45) is 9.98 Å². The Bertz CT molecular complexity index is 982. The maximum Gasteiger partial charge on any atom is 0.132 e. The van der Waals surface area contributed by atoms with Gasteiger partial charge in [-0.2, -0.15) is 0 Å². The zero-order chi connectivity index (χ0) is 28.4. The van der Waals surface area contributed by atoms with E-state index in [1.54, 1.807) is 0 Å². The first-order chi connectivity index (χ1) is 19.8. The Balaban J connectivity index is 0.00000840. The van der Waals surface area contributed by atoms with Crippen LogP contribution in [0.3, 0.4) is 0 Å². The van der Waals surface area contributed by atoms with Gasteiger partial charge in [0.2, 0.25) is 0 Å². The number of unbranched alkanes of at least 4 members (excludes halogenated alkanes) is 17. The second kappa shape index (κ2) is 26.7. The molecule has 2 rings (SSSR count). The Morgan fingerprint density at radius 2 is 1.10 bits per heavy atom. The van der Waals surface area contributed by atoms with E-state index < -0.39 is 0 Å². The largest absolute Gasteiger partial charge is 0.254 e. The Labute approximate surface area is 263 Å². The molecule has 0 saturated heterocycles. The van der Waals surface area contributed by atoms with Gasteiger partial charge in [0.1, 0.15) is 5.71 Å². The van der Waals surface area contributed by atoms with Gasteiger partial charge in [0, 0.05) is 22.9 Å². The van der Waals surface area contributed by atoms with Crippen molar-refractivity contribution in [2.45, 2.75) is 142 Å². The predicted octanol–water partition coefficient (Wildman–Crippen LogP) is 12.2. The summed E-state index contributed by atoms with van der Waals surface area (Å²) in [6.07, 6.45) is 28.6. The molecule has 2 aromatic rings. The molecule has 2 nitrogen and oxygen atoms in total. The van der Waals surface area contributed by atoms with Crippen molar-refractivity contribution < 1.29 is 16.5 Å². The monoisotopic (exact) mass is 598 g/mol. The van der Waals surface area contributed by atoms with Gasteiger partial charge in [-0.05, 0) is 55.0 Å². The molecular formula is C38H56N2Ni. The van der Waals surface area contributed by atoms with Crippen LogP contribution in [0, 0.1) is 11.8 Å². The molecule has 0 amide bonds. The summed E-state index contributed by atoms with van der Waals surface area (Å²) in [5.41, 5.74) is 3.98.